The van der Waals surface area contributed by atoms with Crippen LogP contribution in [0.25, 0.3) is 0 Å². The highest BCUT2D eigenvalue weighted by Gasteiger charge is 2.16. The Labute approximate surface area is 118 Å². The number of rotatable bonds is 6. The Hall–Kier alpha value is -1.42. The van der Waals surface area contributed by atoms with E-state index in [1.54, 1.807) is 6.07 Å². The maximum absolute atomic E-state index is 11.5. The second-order valence-electron chi connectivity index (χ2n) is 4.41. The SMILES string of the molecule is CCOc1cc(C(=O)OC)cc(Cl)c1OCC(C)C. The van der Waals surface area contributed by atoms with E-state index in [0.717, 1.165) is 0 Å². The third kappa shape index (κ3) is 4.31. The molecule has 0 saturated heterocycles. The minimum atomic E-state index is -0.460. The molecule has 0 fully saturated rings. The predicted octanol–water partition coefficient (Wildman–Crippen LogP) is 3.56. The lowest BCUT2D eigenvalue weighted by atomic mass is 10.2. The van der Waals surface area contributed by atoms with Crippen LogP contribution in [0.4, 0.5) is 0 Å². The van der Waals surface area contributed by atoms with E-state index in [1.165, 1.54) is 13.2 Å². The molecule has 0 radical (unpaired) electrons. The average Bonchev–Trinajstić information content (AvgIpc) is 2.36. The first-order chi connectivity index (χ1) is 8.99. The van der Waals surface area contributed by atoms with Crippen molar-refractivity contribution < 1.29 is 19.0 Å². The Kier molecular flexibility index (Phi) is 5.96. The number of hydrogen-bond donors (Lipinski definition) is 0. The zero-order chi connectivity index (χ0) is 14.4. The Bertz CT molecular complexity index is 443. The molecule has 106 valence electrons. The van der Waals surface area contributed by atoms with Gasteiger partial charge in [-0.3, -0.25) is 0 Å². The highest BCUT2D eigenvalue weighted by molar-refractivity contribution is 6.32. The molecule has 1 aromatic rings. The Morgan fingerprint density at radius 1 is 1.32 bits per heavy atom. The summed E-state index contributed by atoms with van der Waals surface area (Å²) in [6, 6.07) is 3.10. The van der Waals surface area contributed by atoms with E-state index in [4.69, 9.17) is 21.1 Å². The van der Waals surface area contributed by atoms with Gasteiger partial charge >= 0.3 is 5.97 Å². The van der Waals surface area contributed by atoms with Crippen LogP contribution < -0.4 is 9.47 Å². The van der Waals surface area contributed by atoms with E-state index in [0.29, 0.717) is 41.2 Å². The molecule has 4 nitrogen and oxygen atoms in total. The van der Waals surface area contributed by atoms with Gasteiger partial charge in [-0.1, -0.05) is 25.4 Å². The molecule has 0 unspecified atom stereocenters. The van der Waals surface area contributed by atoms with Crippen LogP contribution in [0.5, 0.6) is 11.5 Å². The molecule has 0 aliphatic heterocycles. The number of halogens is 1. The molecule has 0 aromatic heterocycles. The third-order valence-electron chi connectivity index (χ3n) is 2.29. The predicted molar refractivity (Wildman–Crippen MR) is 74.3 cm³/mol. The lowest BCUT2D eigenvalue weighted by molar-refractivity contribution is 0.0600. The van der Waals surface area contributed by atoms with E-state index >= 15 is 0 Å². The van der Waals surface area contributed by atoms with Gasteiger partial charge in [0.2, 0.25) is 0 Å². The average molecular weight is 287 g/mol. The van der Waals surface area contributed by atoms with E-state index in [9.17, 15) is 4.79 Å². The molecule has 5 heteroatoms. The first kappa shape index (κ1) is 15.6. The smallest absolute Gasteiger partial charge is 0.338 e. The number of esters is 1. The highest BCUT2D eigenvalue weighted by Crippen LogP contribution is 2.37. The molecule has 0 amide bonds. The van der Waals surface area contributed by atoms with Crippen molar-refractivity contribution in [3.8, 4) is 11.5 Å². The van der Waals surface area contributed by atoms with Gasteiger partial charge < -0.3 is 14.2 Å². The zero-order valence-electron chi connectivity index (χ0n) is 11.7. The van der Waals surface area contributed by atoms with Crippen LogP contribution in [0.1, 0.15) is 31.1 Å². The zero-order valence-corrected chi connectivity index (χ0v) is 12.4. The van der Waals surface area contributed by atoms with Gasteiger partial charge in [0.05, 0.1) is 30.9 Å². The van der Waals surface area contributed by atoms with E-state index < -0.39 is 5.97 Å². The van der Waals surface area contributed by atoms with E-state index in [2.05, 4.69) is 4.74 Å². The molecule has 0 atom stereocenters. The summed E-state index contributed by atoms with van der Waals surface area (Å²) < 4.78 is 15.8. The van der Waals surface area contributed by atoms with Crippen molar-refractivity contribution in [3.63, 3.8) is 0 Å². The molecule has 1 aromatic carbocycles. The second kappa shape index (κ2) is 7.24. The first-order valence-electron chi connectivity index (χ1n) is 6.17. The molecule has 0 spiro atoms. The quantitative estimate of drug-likeness (QED) is 0.750. The summed E-state index contributed by atoms with van der Waals surface area (Å²) in [5.41, 5.74) is 0.341. The van der Waals surface area contributed by atoms with Crippen LogP contribution in [-0.2, 0) is 4.74 Å². The van der Waals surface area contributed by atoms with Crippen LogP contribution in [0.15, 0.2) is 12.1 Å². The van der Waals surface area contributed by atoms with E-state index in [-0.39, 0.29) is 0 Å². The van der Waals surface area contributed by atoms with E-state index in [1.807, 2.05) is 20.8 Å². The molecule has 0 N–H and O–H groups in total. The van der Waals surface area contributed by atoms with Crippen LogP contribution in [0.3, 0.4) is 0 Å². The number of carbonyl (C=O) groups excluding carboxylic acids is 1. The molecule has 0 saturated carbocycles. The van der Waals surface area contributed by atoms with Gasteiger partial charge in [0.1, 0.15) is 0 Å². The summed E-state index contributed by atoms with van der Waals surface area (Å²) in [7, 11) is 1.32. The van der Waals surface area contributed by atoms with Crippen molar-refractivity contribution in [1.82, 2.24) is 0 Å². The molecule has 0 bridgehead atoms. The van der Waals surface area contributed by atoms with Crippen molar-refractivity contribution >= 4 is 17.6 Å². The van der Waals surface area contributed by atoms with Gasteiger partial charge in [-0.05, 0) is 25.0 Å². The summed E-state index contributed by atoms with van der Waals surface area (Å²) in [6.45, 7) is 6.91. The molecule has 0 aliphatic rings. The maximum Gasteiger partial charge on any atom is 0.338 e. The number of benzene rings is 1. The van der Waals surface area contributed by atoms with Gasteiger partial charge in [0, 0.05) is 0 Å². The van der Waals surface area contributed by atoms with Gasteiger partial charge in [-0.25, -0.2) is 4.79 Å². The lowest BCUT2D eigenvalue weighted by Crippen LogP contribution is -2.08. The summed E-state index contributed by atoms with van der Waals surface area (Å²) in [4.78, 5) is 11.5. The Morgan fingerprint density at radius 3 is 2.53 bits per heavy atom. The minimum absolute atomic E-state index is 0.340. The van der Waals surface area contributed by atoms with Crippen LogP contribution in [-0.4, -0.2) is 26.3 Å². The maximum atomic E-state index is 11.5. The van der Waals surface area contributed by atoms with Crippen molar-refractivity contribution in [3.05, 3.63) is 22.7 Å². The fraction of sp³-hybridized carbons (Fsp3) is 0.500. The first-order valence-corrected chi connectivity index (χ1v) is 6.54. The molecule has 0 aliphatic carbocycles. The molecular formula is C14H19ClO4. The Balaban J connectivity index is 3.11. The van der Waals surface area contributed by atoms with Crippen molar-refractivity contribution in [2.75, 3.05) is 20.3 Å². The molecule has 1 rings (SSSR count). The van der Waals surface area contributed by atoms with Gasteiger partial charge in [-0.15, -0.1) is 0 Å². The number of hydrogen-bond acceptors (Lipinski definition) is 4. The summed E-state index contributed by atoms with van der Waals surface area (Å²) >= 11 is 6.14. The van der Waals surface area contributed by atoms with Crippen molar-refractivity contribution in [2.24, 2.45) is 5.92 Å². The lowest BCUT2D eigenvalue weighted by Gasteiger charge is -2.15. The number of ether oxygens (including phenoxy) is 3. The van der Waals surface area contributed by atoms with Crippen LogP contribution in [0.2, 0.25) is 5.02 Å². The topological polar surface area (TPSA) is 44.8 Å². The Morgan fingerprint density at radius 2 is 2.00 bits per heavy atom. The van der Waals surface area contributed by atoms with Crippen LogP contribution in [0, 0.1) is 5.92 Å². The highest BCUT2D eigenvalue weighted by atomic mass is 35.5. The van der Waals surface area contributed by atoms with Crippen molar-refractivity contribution in [2.45, 2.75) is 20.8 Å². The van der Waals surface area contributed by atoms with Gasteiger partial charge in [0.25, 0.3) is 0 Å². The number of methoxy groups -OCH3 is 1. The fourth-order valence-corrected chi connectivity index (χ4v) is 1.72. The number of carbonyl (C=O) groups is 1. The molecule has 0 heterocycles. The summed E-state index contributed by atoms with van der Waals surface area (Å²) in [6.07, 6.45) is 0. The van der Waals surface area contributed by atoms with Gasteiger partial charge in [0.15, 0.2) is 11.5 Å². The largest absolute Gasteiger partial charge is 0.490 e. The fourth-order valence-electron chi connectivity index (χ4n) is 1.46. The third-order valence-corrected chi connectivity index (χ3v) is 2.57. The second-order valence-corrected chi connectivity index (χ2v) is 4.82. The normalized spacial score (nSPS) is 10.4. The summed E-state index contributed by atoms with van der Waals surface area (Å²) in [5.74, 6) is 0.824. The monoisotopic (exact) mass is 286 g/mol. The molecule has 19 heavy (non-hydrogen) atoms. The summed E-state index contributed by atoms with van der Waals surface area (Å²) in [5, 5.41) is 0.340. The van der Waals surface area contributed by atoms with Crippen molar-refractivity contribution in [1.29, 1.82) is 0 Å². The standard InChI is InChI=1S/C14H19ClO4/c1-5-18-12-7-10(14(16)17-4)6-11(15)13(12)19-8-9(2)3/h6-7,9H,5,8H2,1-4H3. The van der Waals surface area contributed by atoms with Gasteiger partial charge in [-0.2, -0.15) is 0 Å². The molecular weight excluding hydrogens is 268 g/mol. The van der Waals surface area contributed by atoms with Crippen LogP contribution >= 0.6 is 11.6 Å². The minimum Gasteiger partial charge on any atom is -0.490 e.